The number of likely N-dealkylation sites (N-methyl/N-ethyl adjacent to an activating group) is 1. The van der Waals surface area contributed by atoms with Gasteiger partial charge in [0, 0.05) is 6.54 Å². The van der Waals surface area contributed by atoms with Crippen LogP contribution >= 0.6 is 0 Å². The summed E-state index contributed by atoms with van der Waals surface area (Å²) in [5, 5.41) is 9.00. The fourth-order valence-corrected chi connectivity index (χ4v) is 2.40. The number of benzene rings is 1. The highest BCUT2D eigenvalue weighted by atomic mass is 19.1. The molecule has 1 saturated heterocycles. The van der Waals surface area contributed by atoms with E-state index in [1.54, 1.807) is 25.2 Å². The summed E-state index contributed by atoms with van der Waals surface area (Å²) in [6, 6.07) is 4.80. The van der Waals surface area contributed by atoms with Crippen molar-refractivity contribution in [1.29, 1.82) is 0 Å². The fraction of sp³-hybridized carbons (Fsp3) is 0.429. The molecule has 6 heteroatoms. The van der Waals surface area contributed by atoms with Crippen LogP contribution in [0.25, 0.3) is 0 Å². The minimum absolute atomic E-state index is 0.247. The molecule has 1 aromatic rings. The van der Waals surface area contributed by atoms with E-state index in [0.717, 1.165) is 0 Å². The zero-order valence-corrected chi connectivity index (χ0v) is 11.4. The first kappa shape index (κ1) is 14.5. The number of amides is 1. The van der Waals surface area contributed by atoms with Gasteiger partial charge in [0.1, 0.15) is 11.9 Å². The topological polar surface area (TPSA) is 60.9 Å². The molecule has 1 N–H and O–H groups in total. The molecule has 20 heavy (non-hydrogen) atoms. The number of rotatable bonds is 4. The van der Waals surface area contributed by atoms with Crippen LogP contribution in [0.2, 0.25) is 0 Å². The molecule has 0 radical (unpaired) electrons. The minimum Gasteiger partial charge on any atom is -0.480 e. The number of hydrogen-bond donors (Lipinski definition) is 1. The average molecular weight is 280 g/mol. The first-order chi connectivity index (χ1) is 9.43. The van der Waals surface area contributed by atoms with E-state index >= 15 is 0 Å². The second kappa shape index (κ2) is 5.58. The third kappa shape index (κ3) is 2.51. The lowest BCUT2D eigenvalue weighted by molar-refractivity contribution is -0.143. The molecule has 0 aromatic heterocycles. The van der Waals surface area contributed by atoms with Crippen molar-refractivity contribution in [2.24, 2.45) is 0 Å². The third-order valence-electron chi connectivity index (χ3n) is 3.78. The van der Waals surface area contributed by atoms with E-state index in [-0.39, 0.29) is 11.6 Å². The molecule has 2 atom stereocenters. The van der Waals surface area contributed by atoms with Gasteiger partial charge in [0.2, 0.25) is 5.91 Å². The molecular weight excluding hydrogens is 263 g/mol. The van der Waals surface area contributed by atoms with E-state index in [1.165, 1.54) is 22.8 Å². The molecule has 2 rings (SSSR count). The van der Waals surface area contributed by atoms with E-state index in [2.05, 4.69) is 0 Å². The monoisotopic (exact) mass is 280 g/mol. The summed E-state index contributed by atoms with van der Waals surface area (Å²) < 4.78 is 13.7. The Balaban J connectivity index is 2.18. The summed E-state index contributed by atoms with van der Waals surface area (Å²) in [6.45, 7) is 1.92. The standard InChI is InChI=1S/C14H17FN2O3/c1-9(14(19)20)16(2)12-7-8-17(13(12)18)11-6-4-3-5-10(11)15/h3-6,9,12H,7-8H2,1-2H3,(H,19,20)/t9-,12-/m1/s1. The van der Waals surface area contributed by atoms with Crippen LogP contribution in [0.1, 0.15) is 13.3 Å². The van der Waals surface area contributed by atoms with Crippen molar-refractivity contribution in [2.75, 3.05) is 18.5 Å². The molecule has 1 amide bonds. The Morgan fingerprint density at radius 2 is 2.15 bits per heavy atom. The molecule has 5 nitrogen and oxygen atoms in total. The second-order valence-corrected chi connectivity index (χ2v) is 4.93. The van der Waals surface area contributed by atoms with Gasteiger partial charge in [-0.25, -0.2) is 4.39 Å². The van der Waals surface area contributed by atoms with Crippen molar-refractivity contribution in [3.05, 3.63) is 30.1 Å². The Morgan fingerprint density at radius 1 is 1.50 bits per heavy atom. The van der Waals surface area contributed by atoms with Crippen LogP contribution in [0.15, 0.2) is 24.3 Å². The molecule has 108 valence electrons. The largest absolute Gasteiger partial charge is 0.480 e. The highest BCUT2D eigenvalue weighted by Gasteiger charge is 2.38. The zero-order valence-electron chi connectivity index (χ0n) is 11.4. The Hall–Kier alpha value is -1.95. The lowest BCUT2D eigenvalue weighted by Gasteiger charge is -2.27. The van der Waals surface area contributed by atoms with E-state index < -0.39 is 23.9 Å². The predicted octanol–water partition coefficient (Wildman–Crippen LogP) is 1.34. The second-order valence-electron chi connectivity index (χ2n) is 4.93. The average Bonchev–Trinajstić information content (AvgIpc) is 2.79. The molecule has 1 heterocycles. The number of carboxylic acids is 1. The van der Waals surface area contributed by atoms with Crippen LogP contribution in [0.3, 0.4) is 0 Å². The van der Waals surface area contributed by atoms with Gasteiger partial charge in [0.05, 0.1) is 11.7 Å². The third-order valence-corrected chi connectivity index (χ3v) is 3.78. The minimum atomic E-state index is -0.982. The number of halogens is 1. The lowest BCUT2D eigenvalue weighted by atomic mass is 10.1. The van der Waals surface area contributed by atoms with Gasteiger partial charge in [-0.2, -0.15) is 0 Å². The van der Waals surface area contributed by atoms with Crippen LogP contribution in [-0.4, -0.2) is 47.6 Å². The van der Waals surface area contributed by atoms with Crippen LogP contribution in [0, 0.1) is 5.82 Å². The summed E-state index contributed by atoms with van der Waals surface area (Å²) in [7, 11) is 1.60. The van der Waals surface area contributed by atoms with Gasteiger partial charge in [0.25, 0.3) is 0 Å². The van der Waals surface area contributed by atoms with Crippen LogP contribution < -0.4 is 4.90 Å². The van der Waals surface area contributed by atoms with Gasteiger partial charge in [-0.05, 0) is 32.5 Å². The number of hydrogen-bond acceptors (Lipinski definition) is 3. The van der Waals surface area contributed by atoms with Crippen molar-refractivity contribution in [3.63, 3.8) is 0 Å². The smallest absolute Gasteiger partial charge is 0.320 e. The maximum absolute atomic E-state index is 13.7. The molecule has 0 saturated carbocycles. The molecular formula is C14H17FN2O3. The number of para-hydroxylation sites is 1. The normalized spacial score (nSPS) is 20.5. The van der Waals surface area contributed by atoms with E-state index in [4.69, 9.17) is 5.11 Å². The molecule has 1 aromatic carbocycles. The van der Waals surface area contributed by atoms with Crippen molar-refractivity contribution in [1.82, 2.24) is 4.90 Å². The number of aliphatic carboxylic acids is 1. The molecule has 0 unspecified atom stereocenters. The lowest BCUT2D eigenvalue weighted by Crippen LogP contribution is -2.47. The summed E-state index contributed by atoms with van der Waals surface area (Å²) in [6.07, 6.45) is 0.487. The fourth-order valence-electron chi connectivity index (χ4n) is 2.40. The molecule has 1 aliphatic rings. The molecule has 0 spiro atoms. The summed E-state index contributed by atoms with van der Waals surface area (Å²) >= 11 is 0. The number of anilines is 1. The first-order valence-electron chi connectivity index (χ1n) is 6.44. The Labute approximate surface area is 116 Å². The molecule has 0 bridgehead atoms. The summed E-state index contributed by atoms with van der Waals surface area (Å²) in [5.41, 5.74) is 0.247. The van der Waals surface area contributed by atoms with Crippen LogP contribution in [0.4, 0.5) is 10.1 Å². The summed E-state index contributed by atoms with van der Waals surface area (Å²) in [5.74, 6) is -1.69. The van der Waals surface area contributed by atoms with Crippen molar-refractivity contribution < 1.29 is 19.1 Å². The highest BCUT2D eigenvalue weighted by molar-refractivity contribution is 5.99. The quantitative estimate of drug-likeness (QED) is 0.904. The molecule has 1 fully saturated rings. The van der Waals surface area contributed by atoms with Crippen LogP contribution in [0.5, 0.6) is 0 Å². The number of carbonyl (C=O) groups is 2. The number of carbonyl (C=O) groups excluding carboxylic acids is 1. The summed E-state index contributed by atoms with van der Waals surface area (Å²) in [4.78, 5) is 26.2. The van der Waals surface area contributed by atoms with E-state index in [9.17, 15) is 14.0 Å². The van der Waals surface area contributed by atoms with Gasteiger partial charge in [-0.3, -0.25) is 14.5 Å². The number of carboxylic acid groups (broad SMARTS) is 1. The Bertz CT molecular complexity index is 535. The van der Waals surface area contributed by atoms with E-state index in [1.807, 2.05) is 0 Å². The molecule has 0 aliphatic carbocycles. The van der Waals surface area contributed by atoms with Crippen molar-refractivity contribution in [3.8, 4) is 0 Å². The molecule has 1 aliphatic heterocycles. The van der Waals surface area contributed by atoms with Crippen molar-refractivity contribution in [2.45, 2.75) is 25.4 Å². The first-order valence-corrected chi connectivity index (χ1v) is 6.44. The maximum atomic E-state index is 13.7. The Morgan fingerprint density at radius 3 is 2.75 bits per heavy atom. The van der Waals surface area contributed by atoms with Gasteiger partial charge >= 0.3 is 5.97 Å². The highest BCUT2D eigenvalue weighted by Crippen LogP contribution is 2.26. The Kier molecular flexibility index (Phi) is 4.04. The van der Waals surface area contributed by atoms with Gasteiger partial charge < -0.3 is 10.0 Å². The SMILES string of the molecule is C[C@H](C(=O)O)N(C)[C@@H]1CCN(c2ccccc2F)C1=O. The number of nitrogens with zero attached hydrogens (tertiary/aromatic N) is 2. The zero-order chi connectivity index (χ0) is 14.9. The predicted molar refractivity (Wildman–Crippen MR) is 72.0 cm³/mol. The van der Waals surface area contributed by atoms with E-state index in [0.29, 0.717) is 13.0 Å². The van der Waals surface area contributed by atoms with Gasteiger partial charge in [-0.1, -0.05) is 12.1 Å². The van der Waals surface area contributed by atoms with Gasteiger partial charge in [0.15, 0.2) is 0 Å². The van der Waals surface area contributed by atoms with Gasteiger partial charge in [-0.15, -0.1) is 0 Å². The maximum Gasteiger partial charge on any atom is 0.320 e. The van der Waals surface area contributed by atoms with Crippen molar-refractivity contribution >= 4 is 17.6 Å². The van der Waals surface area contributed by atoms with Crippen LogP contribution in [-0.2, 0) is 9.59 Å².